The summed E-state index contributed by atoms with van der Waals surface area (Å²) in [6.45, 7) is 3.14. The molecule has 3 rings (SSSR count). The molecule has 0 unspecified atom stereocenters. The highest BCUT2D eigenvalue weighted by Crippen LogP contribution is 2.20. The molecule has 2 aromatic heterocycles. The first-order chi connectivity index (χ1) is 11.1. The fourth-order valence-corrected chi connectivity index (χ4v) is 3.03. The number of piperidine rings is 1. The molecule has 7 nitrogen and oxygen atoms in total. The number of halogens is 1. The average Bonchev–Trinajstić information content (AvgIpc) is 2.97. The molecule has 2 aromatic rings. The zero-order valence-electron chi connectivity index (χ0n) is 12.7. The number of hydrogen-bond acceptors (Lipinski definition) is 5. The minimum atomic E-state index is -0.253. The third kappa shape index (κ3) is 3.36. The third-order valence-electron chi connectivity index (χ3n) is 3.83. The fraction of sp³-hybridized carbons (Fsp3) is 0.467. The summed E-state index contributed by atoms with van der Waals surface area (Å²) in [6.07, 6.45) is 4.94. The molecule has 0 radical (unpaired) electrons. The lowest BCUT2D eigenvalue weighted by Gasteiger charge is -2.30. The number of carbonyl (C=O) groups excluding carboxylic acids is 2. The lowest BCUT2D eigenvalue weighted by Crippen LogP contribution is -2.43. The van der Waals surface area contributed by atoms with E-state index in [1.54, 1.807) is 34.8 Å². The molecule has 1 amide bonds. The minimum Gasteiger partial charge on any atom is -0.466 e. The summed E-state index contributed by atoms with van der Waals surface area (Å²) in [7, 11) is 0. The van der Waals surface area contributed by atoms with Crippen LogP contribution in [0.1, 0.15) is 30.3 Å². The third-order valence-corrected chi connectivity index (χ3v) is 4.24. The van der Waals surface area contributed by atoms with Crippen molar-refractivity contribution in [2.24, 2.45) is 5.92 Å². The van der Waals surface area contributed by atoms with Crippen LogP contribution in [-0.2, 0) is 9.53 Å². The van der Waals surface area contributed by atoms with Crippen molar-refractivity contribution in [1.29, 1.82) is 0 Å². The number of nitrogens with zero attached hydrogens (tertiary/aromatic N) is 4. The van der Waals surface area contributed by atoms with Crippen molar-refractivity contribution in [3.8, 4) is 0 Å². The summed E-state index contributed by atoms with van der Waals surface area (Å²) in [6, 6.07) is 1.66. The van der Waals surface area contributed by atoms with E-state index in [9.17, 15) is 9.59 Å². The molecule has 1 atom stereocenters. The van der Waals surface area contributed by atoms with Gasteiger partial charge in [-0.05, 0) is 35.7 Å². The van der Waals surface area contributed by atoms with Crippen LogP contribution >= 0.6 is 15.9 Å². The largest absolute Gasteiger partial charge is 0.466 e. The Morgan fingerprint density at radius 1 is 1.48 bits per heavy atom. The molecule has 0 bridgehead atoms. The van der Waals surface area contributed by atoms with Gasteiger partial charge in [0, 0.05) is 31.5 Å². The molecule has 0 N–H and O–H groups in total. The lowest BCUT2D eigenvalue weighted by atomic mass is 9.98. The van der Waals surface area contributed by atoms with E-state index in [-0.39, 0.29) is 17.8 Å². The zero-order chi connectivity index (χ0) is 16.4. The van der Waals surface area contributed by atoms with Gasteiger partial charge in [0.15, 0.2) is 11.3 Å². The van der Waals surface area contributed by atoms with Crippen LogP contribution in [0, 0.1) is 5.92 Å². The predicted molar refractivity (Wildman–Crippen MR) is 85.9 cm³/mol. The Morgan fingerprint density at radius 3 is 3.09 bits per heavy atom. The van der Waals surface area contributed by atoms with Crippen LogP contribution in [0.3, 0.4) is 0 Å². The van der Waals surface area contributed by atoms with Gasteiger partial charge in [0.25, 0.3) is 5.91 Å². The molecule has 1 saturated heterocycles. The van der Waals surface area contributed by atoms with Crippen molar-refractivity contribution < 1.29 is 14.3 Å². The molecule has 0 aliphatic carbocycles. The monoisotopic (exact) mass is 380 g/mol. The molecule has 1 aliphatic rings. The van der Waals surface area contributed by atoms with Crippen LogP contribution in [0.25, 0.3) is 5.65 Å². The summed E-state index contributed by atoms with van der Waals surface area (Å²) < 4.78 is 7.41. The molecule has 23 heavy (non-hydrogen) atoms. The predicted octanol–water partition coefficient (Wildman–Crippen LogP) is 1.91. The van der Waals surface area contributed by atoms with Crippen LogP contribution in [-0.4, -0.2) is 51.1 Å². The molecular formula is C15H17BrN4O3. The summed E-state index contributed by atoms with van der Waals surface area (Å²) in [5.74, 6) is -0.664. The minimum absolute atomic E-state index is 0.180. The summed E-state index contributed by atoms with van der Waals surface area (Å²) in [5.41, 5.74) is 0.940. The molecule has 8 heteroatoms. The van der Waals surface area contributed by atoms with Gasteiger partial charge in [-0.1, -0.05) is 0 Å². The lowest BCUT2D eigenvalue weighted by molar-refractivity contribution is -0.149. The van der Waals surface area contributed by atoms with E-state index in [0.29, 0.717) is 31.0 Å². The number of carbonyl (C=O) groups is 2. The van der Waals surface area contributed by atoms with E-state index in [4.69, 9.17) is 4.74 Å². The van der Waals surface area contributed by atoms with Crippen LogP contribution < -0.4 is 0 Å². The van der Waals surface area contributed by atoms with Crippen molar-refractivity contribution >= 4 is 33.5 Å². The molecule has 0 aromatic carbocycles. The van der Waals surface area contributed by atoms with Crippen LogP contribution in [0.2, 0.25) is 0 Å². The Morgan fingerprint density at radius 2 is 2.30 bits per heavy atom. The van der Waals surface area contributed by atoms with Crippen molar-refractivity contribution in [3.05, 3.63) is 28.6 Å². The standard InChI is InChI=1S/C15H17BrN4O3/c1-2-23-15(22)10-4-3-5-19(8-10)14(21)12-6-13-17-7-11(16)9-20(13)18-12/h6-7,9-10H,2-5,8H2,1H3/t10-/m1/s1. The van der Waals surface area contributed by atoms with Crippen molar-refractivity contribution in [2.45, 2.75) is 19.8 Å². The second kappa shape index (κ2) is 6.66. The molecule has 0 saturated carbocycles. The number of ether oxygens (including phenoxy) is 1. The maximum absolute atomic E-state index is 12.6. The first kappa shape index (κ1) is 15.9. The normalized spacial score (nSPS) is 18.2. The van der Waals surface area contributed by atoms with Gasteiger partial charge in [-0.15, -0.1) is 0 Å². The number of rotatable bonds is 3. The number of esters is 1. The van der Waals surface area contributed by atoms with E-state index in [1.165, 1.54) is 0 Å². The quantitative estimate of drug-likeness (QED) is 0.760. The average molecular weight is 381 g/mol. The highest BCUT2D eigenvalue weighted by atomic mass is 79.9. The van der Waals surface area contributed by atoms with Crippen LogP contribution in [0.15, 0.2) is 22.9 Å². The summed E-state index contributed by atoms with van der Waals surface area (Å²) in [5, 5.41) is 4.27. The Bertz CT molecular complexity index is 745. The van der Waals surface area contributed by atoms with Gasteiger partial charge < -0.3 is 9.64 Å². The van der Waals surface area contributed by atoms with Crippen molar-refractivity contribution in [1.82, 2.24) is 19.5 Å². The van der Waals surface area contributed by atoms with E-state index in [1.807, 2.05) is 0 Å². The second-order valence-corrected chi connectivity index (χ2v) is 6.36. The number of fused-ring (bicyclic) bond motifs is 1. The first-order valence-corrected chi connectivity index (χ1v) is 8.34. The molecule has 0 spiro atoms. The number of amides is 1. The molecule has 122 valence electrons. The van der Waals surface area contributed by atoms with Gasteiger partial charge in [0.05, 0.1) is 17.0 Å². The van der Waals surface area contributed by atoms with Gasteiger partial charge in [-0.25, -0.2) is 9.50 Å². The first-order valence-electron chi connectivity index (χ1n) is 7.55. The summed E-state index contributed by atoms with van der Waals surface area (Å²) in [4.78, 5) is 30.4. The van der Waals surface area contributed by atoms with E-state index in [0.717, 1.165) is 17.3 Å². The smallest absolute Gasteiger partial charge is 0.310 e. The highest BCUT2D eigenvalue weighted by Gasteiger charge is 2.30. The number of aromatic nitrogens is 3. The molecular weight excluding hydrogens is 364 g/mol. The van der Waals surface area contributed by atoms with Gasteiger partial charge >= 0.3 is 5.97 Å². The van der Waals surface area contributed by atoms with E-state index < -0.39 is 0 Å². The SMILES string of the molecule is CCOC(=O)[C@@H]1CCCN(C(=O)c2cc3ncc(Br)cn3n2)C1. The molecule has 3 heterocycles. The van der Waals surface area contributed by atoms with Gasteiger partial charge in [-0.3, -0.25) is 9.59 Å². The Hall–Kier alpha value is -1.96. The summed E-state index contributed by atoms with van der Waals surface area (Å²) >= 11 is 3.32. The highest BCUT2D eigenvalue weighted by molar-refractivity contribution is 9.10. The van der Waals surface area contributed by atoms with Crippen molar-refractivity contribution in [3.63, 3.8) is 0 Å². The molecule has 1 aliphatic heterocycles. The Balaban J connectivity index is 1.77. The zero-order valence-corrected chi connectivity index (χ0v) is 14.3. The topological polar surface area (TPSA) is 76.8 Å². The fourth-order valence-electron chi connectivity index (χ4n) is 2.73. The Kier molecular flexibility index (Phi) is 4.61. The van der Waals surface area contributed by atoms with Crippen LogP contribution in [0.4, 0.5) is 0 Å². The number of likely N-dealkylation sites (tertiary alicyclic amines) is 1. The maximum atomic E-state index is 12.6. The maximum Gasteiger partial charge on any atom is 0.310 e. The molecule has 1 fully saturated rings. The van der Waals surface area contributed by atoms with Crippen LogP contribution in [0.5, 0.6) is 0 Å². The second-order valence-electron chi connectivity index (χ2n) is 5.45. The van der Waals surface area contributed by atoms with E-state index >= 15 is 0 Å². The number of hydrogen-bond donors (Lipinski definition) is 0. The van der Waals surface area contributed by atoms with Crippen molar-refractivity contribution in [2.75, 3.05) is 19.7 Å². The van der Waals surface area contributed by atoms with Gasteiger partial charge in [-0.2, -0.15) is 5.10 Å². The van der Waals surface area contributed by atoms with Gasteiger partial charge in [0.1, 0.15) is 0 Å². The van der Waals surface area contributed by atoms with Gasteiger partial charge in [0.2, 0.25) is 0 Å². The Labute approximate surface area is 141 Å². The van der Waals surface area contributed by atoms with E-state index in [2.05, 4.69) is 26.0 Å².